The summed E-state index contributed by atoms with van der Waals surface area (Å²) in [6.45, 7) is 11.2. The molecular weight excluding hydrogens is 400 g/mol. The monoisotopic (exact) mass is 432 g/mol. The highest BCUT2D eigenvalue weighted by atomic mass is 16.9. The third kappa shape index (κ3) is 3.71. The van der Waals surface area contributed by atoms with E-state index in [1.807, 2.05) is 41.5 Å². The Bertz CT molecular complexity index is 666. The van der Waals surface area contributed by atoms with Gasteiger partial charge in [0.15, 0.2) is 29.9 Å². The van der Waals surface area contributed by atoms with Gasteiger partial charge >= 0.3 is 0 Å². The van der Waals surface area contributed by atoms with Gasteiger partial charge in [-0.05, 0) is 41.5 Å². The van der Waals surface area contributed by atoms with Gasteiger partial charge in [-0.1, -0.05) is 0 Å². The maximum atomic E-state index is 9.80. The van der Waals surface area contributed by atoms with Crippen LogP contribution in [0.15, 0.2) is 0 Å². The molecule has 0 spiro atoms. The summed E-state index contributed by atoms with van der Waals surface area (Å²) in [5, 5.41) is 9.80. The highest BCUT2D eigenvalue weighted by Crippen LogP contribution is 2.45. The fourth-order valence-electron chi connectivity index (χ4n) is 4.89. The first-order valence-corrected chi connectivity index (χ1v) is 10.6. The third-order valence-electron chi connectivity index (χ3n) is 6.00. The van der Waals surface area contributed by atoms with Crippen LogP contribution < -0.4 is 0 Å². The lowest BCUT2D eigenvalue weighted by molar-refractivity contribution is -0.276. The summed E-state index contributed by atoms with van der Waals surface area (Å²) < 4.78 is 54.1. The van der Waals surface area contributed by atoms with Gasteiger partial charge in [0.05, 0.1) is 13.2 Å². The SMILES string of the molecule is CC1(C)OCC([C@H]2OC(O[C@H]3[C@@H](CO)OC4OC(C)(C)O[C@@H]43)[C@H]3OC(C)(C)O[C@@H]23)O1. The minimum Gasteiger partial charge on any atom is -0.394 e. The van der Waals surface area contributed by atoms with E-state index in [2.05, 4.69) is 0 Å². The number of rotatable bonds is 4. The molecule has 0 aromatic heterocycles. The zero-order valence-corrected chi connectivity index (χ0v) is 18.2. The Morgan fingerprint density at radius 2 is 1.43 bits per heavy atom. The van der Waals surface area contributed by atoms with Gasteiger partial charge in [-0.15, -0.1) is 0 Å². The second-order valence-electron chi connectivity index (χ2n) is 9.83. The summed E-state index contributed by atoms with van der Waals surface area (Å²) in [6.07, 6.45) is -4.62. The van der Waals surface area contributed by atoms with Crippen molar-refractivity contribution in [2.75, 3.05) is 13.2 Å². The lowest BCUT2D eigenvalue weighted by Gasteiger charge is -2.30. The molecule has 30 heavy (non-hydrogen) atoms. The zero-order valence-electron chi connectivity index (χ0n) is 18.2. The Morgan fingerprint density at radius 1 is 0.767 bits per heavy atom. The Balaban J connectivity index is 1.35. The Hall–Kier alpha value is -0.400. The van der Waals surface area contributed by atoms with Crippen molar-refractivity contribution >= 4 is 0 Å². The fourth-order valence-corrected chi connectivity index (χ4v) is 4.89. The summed E-state index contributed by atoms with van der Waals surface area (Å²) >= 11 is 0. The molecule has 1 N–H and O–H groups in total. The number of fused-ring (bicyclic) bond motifs is 2. The maximum absolute atomic E-state index is 9.80. The van der Waals surface area contributed by atoms with Crippen molar-refractivity contribution in [1.82, 2.24) is 0 Å². The molecule has 0 aliphatic carbocycles. The lowest BCUT2D eigenvalue weighted by Crippen LogP contribution is -2.44. The molecule has 0 bridgehead atoms. The molecule has 5 saturated heterocycles. The molecule has 0 saturated carbocycles. The molecule has 0 amide bonds. The summed E-state index contributed by atoms with van der Waals surface area (Å²) in [7, 11) is 0. The van der Waals surface area contributed by atoms with Crippen molar-refractivity contribution < 1.29 is 47.7 Å². The molecule has 9 atom stereocenters. The number of hydrogen-bond acceptors (Lipinski definition) is 10. The van der Waals surface area contributed by atoms with E-state index in [1.54, 1.807) is 0 Å². The van der Waals surface area contributed by atoms with Crippen LogP contribution in [0.4, 0.5) is 0 Å². The summed E-state index contributed by atoms with van der Waals surface area (Å²) in [5.74, 6) is -2.27. The van der Waals surface area contributed by atoms with Crippen LogP contribution in [-0.2, 0) is 42.6 Å². The standard InChI is InChI=1S/C20H32O10/c1-18(2)22-8-10(26-18)12-13-15(29-19(3,4)27-13)16(25-12)24-11-9(7-21)23-17-14(11)28-20(5,6)30-17/h9-17,21H,7-8H2,1-6H3/t9-,10?,11+,12-,13+,14-,15+,16?,17?/m1/s1. The number of ether oxygens (including phenoxy) is 9. The first-order valence-electron chi connectivity index (χ1n) is 10.6. The van der Waals surface area contributed by atoms with Gasteiger partial charge in [0.25, 0.3) is 0 Å². The molecule has 10 nitrogen and oxygen atoms in total. The normalized spacial score (nSPS) is 50.7. The molecule has 10 heteroatoms. The van der Waals surface area contributed by atoms with Crippen molar-refractivity contribution in [3.05, 3.63) is 0 Å². The summed E-state index contributed by atoms with van der Waals surface area (Å²) in [6, 6.07) is 0. The smallest absolute Gasteiger partial charge is 0.190 e. The van der Waals surface area contributed by atoms with E-state index in [4.69, 9.17) is 42.6 Å². The van der Waals surface area contributed by atoms with Gasteiger partial charge in [0, 0.05) is 0 Å². The average molecular weight is 432 g/mol. The topological polar surface area (TPSA) is 103 Å². The minimum atomic E-state index is -0.797. The van der Waals surface area contributed by atoms with Crippen LogP contribution >= 0.6 is 0 Å². The molecule has 3 unspecified atom stereocenters. The van der Waals surface area contributed by atoms with E-state index in [-0.39, 0.29) is 18.8 Å². The molecule has 5 heterocycles. The molecule has 5 rings (SSSR count). The second-order valence-corrected chi connectivity index (χ2v) is 9.83. The average Bonchev–Trinajstić information content (AvgIpc) is 3.36. The number of aliphatic hydroxyl groups excluding tert-OH is 1. The third-order valence-corrected chi connectivity index (χ3v) is 6.00. The number of aliphatic hydroxyl groups is 1. The van der Waals surface area contributed by atoms with E-state index in [0.29, 0.717) is 6.61 Å². The summed E-state index contributed by atoms with van der Waals surface area (Å²) in [5.41, 5.74) is 0. The van der Waals surface area contributed by atoms with Crippen LogP contribution in [0.25, 0.3) is 0 Å². The van der Waals surface area contributed by atoms with Crippen molar-refractivity contribution in [3.63, 3.8) is 0 Å². The largest absolute Gasteiger partial charge is 0.394 e. The van der Waals surface area contributed by atoms with Crippen LogP contribution in [-0.4, -0.2) is 91.0 Å². The Labute approximate surface area is 175 Å². The van der Waals surface area contributed by atoms with Crippen molar-refractivity contribution in [1.29, 1.82) is 0 Å². The minimum absolute atomic E-state index is 0.230. The first-order chi connectivity index (χ1) is 14.0. The molecule has 0 aromatic carbocycles. The fraction of sp³-hybridized carbons (Fsp3) is 1.00. The van der Waals surface area contributed by atoms with Gasteiger partial charge in [0.2, 0.25) is 0 Å². The van der Waals surface area contributed by atoms with E-state index >= 15 is 0 Å². The van der Waals surface area contributed by atoms with Crippen LogP contribution in [0.2, 0.25) is 0 Å². The highest BCUT2D eigenvalue weighted by molar-refractivity contribution is 5.01. The Morgan fingerprint density at radius 3 is 2.10 bits per heavy atom. The Kier molecular flexibility index (Phi) is 5.04. The molecule has 5 aliphatic rings. The molecule has 5 fully saturated rings. The van der Waals surface area contributed by atoms with Gasteiger partial charge in [-0.2, -0.15) is 0 Å². The van der Waals surface area contributed by atoms with E-state index in [0.717, 1.165) is 0 Å². The second kappa shape index (κ2) is 7.05. The zero-order chi connectivity index (χ0) is 21.5. The quantitative estimate of drug-likeness (QED) is 0.681. The molecule has 0 aromatic rings. The van der Waals surface area contributed by atoms with Crippen LogP contribution in [0.3, 0.4) is 0 Å². The van der Waals surface area contributed by atoms with E-state index < -0.39 is 60.5 Å². The first kappa shape index (κ1) is 21.4. The van der Waals surface area contributed by atoms with Crippen LogP contribution in [0.5, 0.6) is 0 Å². The van der Waals surface area contributed by atoms with Crippen LogP contribution in [0, 0.1) is 0 Å². The van der Waals surface area contributed by atoms with Gasteiger partial charge < -0.3 is 47.7 Å². The summed E-state index contributed by atoms with van der Waals surface area (Å²) in [4.78, 5) is 0. The molecule has 0 radical (unpaired) electrons. The van der Waals surface area contributed by atoms with Crippen molar-refractivity contribution in [2.45, 2.75) is 114 Å². The molecule has 5 aliphatic heterocycles. The van der Waals surface area contributed by atoms with E-state index in [9.17, 15) is 5.11 Å². The number of hydrogen-bond donors (Lipinski definition) is 1. The lowest BCUT2D eigenvalue weighted by atomic mass is 10.1. The molecular formula is C20H32O10. The van der Waals surface area contributed by atoms with E-state index in [1.165, 1.54) is 0 Å². The molecule has 172 valence electrons. The predicted molar refractivity (Wildman–Crippen MR) is 98.0 cm³/mol. The van der Waals surface area contributed by atoms with Gasteiger partial charge in [-0.3, -0.25) is 0 Å². The maximum Gasteiger partial charge on any atom is 0.190 e. The van der Waals surface area contributed by atoms with Crippen molar-refractivity contribution in [3.8, 4) is 0 Å². The van der Waals surface area contributed by atoms with Crippen molar-refractivity contribution in [2.24, 2.45) is 0 Å². The predicted octanol–water partition coefficient (Wildman–Crippen LogP) is 0.637. The van der Waals surface area contributed by atoms with Crippen LogP contribution in [0.1, 0.15) is 41.5 Å². The van der Waals surface area contributed by atoms with Gasteiger partial charge in [0.1, 0.15) is 42.7 Å². The highest BCUT2D eigenvalue weighted by Gasteiger charge is 2.62. The van der Waals surface area contributed by atoms with Gasteiger partial charge in [-0.25, -0.2) is 0 Å².